The Balaban J connectivity index is 1.61. The lowest BCUT2D eigenvalue weighted by Gasteiger charge is -2.27. The zero-order chi connectivity index (χ0) is 18.2. The molecule has 0 amide bonds. The highest BCUT2D eigenvalue weighted by molar-refractivity contribution is 6.30. The van der Waals surface area contributed by atoms with Crippen LogP contribution in [0.3, 0.4) is 0 Å². The van der Waals surface area contributed by atoms with E-state index in [-0.39, 0.29) is 0 Å². The minimum atomic E-state index is 0.632. The van der Waals surface area contributed by atoms with Gasteiger partial charge in [-0.15, -0.1) is 0 Å². The van der Waals surface area contributed by atoms with Crippen LogP contribution in [0.5, 0.6) is 0 Å². The fraction of sp³-hybridized carbons (Fsp3) is 0.174. The second-order valence-electron chi connectivity index (χ2n) is 7.10. The topological polar surface area (TPSA) is 29.3 Å². The number of halogens is 1. The van der Waals surface area contributed by atoms with Gasteiger partial charge in [-0.1, -0.05) is 54.1 Å². The molecule has 1 N–H and O–H groups in total. The molecule has 4 aromatic rings. The number of anilines is 1. The molecular formula is C23H20ClN3. The van der Waals surface area contributed by atoms with E-state index in [4.69, 9.17) is 16.6 Å². The molecule has 4 heteroatoms. The Kier molecular flexibility index (Phi) is 4.10. The number of hydrogen-bond acceptors (Lipinski definition) is 2. The highest BCUT2D eigenvalue weighted by atomic mass is 35.5. The summed E-state index contributed by atoms with van der Waals surface area (Å²) in [5, 5.41) is 4.29. The molecule has 1 saturated carbocycles. The molecule has 1 aliphatic carbocycles. The smallest absolute Gasteiger partial charge is 0.138 e. The maximum absolute atomic E-state index is 6.26. The molecule has 5 rings (SSSR count). The van der Waals surface area contributed by atoms with E-state index < -0.39 is 0 Å². The number of rotatable bonds is 4. The minimum Gasteiger partial charge on any atom is -0.382 e. The Labute approximate surface area is 163 Å². The molecule has 0 unspecified atom stereocenters. The third kappa shape index (κ3) is 3.08. The summed E-state index contributed by atoms with van der Waals surface area (Å²) in [6, 6.07) is 23.4. The first kappa shape index (κ1) is 16.4. The van der Waals surface area contributed by atoms with Crippen LogP contribution in [-0.2, 0) is 0 Å². The summed E-state index contributed by atoms with van der Waals surface area (Å²) in [6.07, 6.45) is 5.81. The minimum absolute atomic E-state index is 0.632. The molecule has 2 aromatic heterocycles. The van der Waals surface area contributed by atoms with Crippen LogP contribution in [0, 0.1) is 0 Å². The van der Waals surface area contributed by atoms with Crippen LogP contribution in [0.25, 0.3) is 28.2 Å². The summed E-state index contributed by atoms with van der Waals surface area (Å²) in [4.78, 5) is 4.90. The fourth-order valence-corrected chi connectivity index (χ4v) is 3.77. The predicted molar refractivity (Wildman–Crippen MR) is 112 cm³/mol. The first-order chi connectivity index (χ1) is 13.3. The van der Waals surface area contributed by atoms with Gasteiger partial charge >= 0.3 is 0 Å². The van der Waals surface area contributed by atoms with Gasteiger partial charge in [-0.3, -0.25) is 4.40 Å². The summed E-state index contributed by atoms with van der Waals surface area (Å²) >= 11 is 6.26. The van der Waals surface area contributed by atoms with Gasteiger partial charge in [0.1, 0.15) is 5.65 Å². The number of benzene rings is 2. The number of pyridine rings is 1. The number of aromatic nitrogens is 2. The molecule has 0 radical (unpaired) electrons. The van der Waals surface area contributed by atoms with E-state index >= 15 is 0 Å². The van der Waals surface area contributed by atoms with Gasteiger partial charge in [0.2, 0.25) is 0 Å². The monoisotopic (exact) mass is 373 g/mol. The van der Waals surface area contributed by atoms with Crippen LogP contribution in [0.2, 0.25) is 5.02 Å². The van der Waals surface area contributed by atoms with Crippen molar-refractivity contribution in [3.8, 4) is 22.5 Å². The van der Waals surface area contributed by atoms with Gasteiger partial charge in [0.15, 0.2) is 0 Å². The van der Waals surface area contributed by atoms with Gasteiger partial charge in [-0.2, -0.15) is 0 Å². The normalized spacial score (nSPS) is 14.3. The molecule has 1 fully saturated rings. The molecule has 0 atom stereocenters. The molecule has 1 aliphatic rings. The van der Waals surface area contributed by atoms with Crippen LogP contribution in [0.1, 0.15) is 19.3 Å². The summed E-state index contributed by atoms with van der Waals surface area (Å²) in [5.74, 6) is 0. The number of fused-ring (bicyclic) bond motifs is 1. The summed E-state index contributed by atoms with van der Waals surface area (Å²) in [5.41, 5.74) is 6.33. The standard InChI is InChI=1S/C23H20ClN3/c24-18-11-14-21-26-22(23(27(21)15-18)17-5-2-1-3-6-17)16-9-12-20(13-10-16)25-19-7-4-8-19/h1-3,5-6,9-15,19,25H,4,7-8H2. The summed E-state index contributed by atoms with van der Waals surface area (Å²) < 4.78 is 2.08. The summed E-state index contributed by atoms with van der Waals surface area (Å²) in [7, 11) is 0. The lowest BCUT2D eigenvalue weighted by Crippen LogP contribution is -2.26. The summed E-state index contributed by atoms with van der Waals surface area (Å²) in [6.45, 7) is 0. The number of nitrogens with zero attached hydrogens (tertiary/aromatic N) is 2. The molecule has 134 valence electrons. The third-order valence-electron chi connectivity index (χ3n) is 5.26. The molecule has 0 saturated heterocycles. The van der Waals surface area contributed by atoms with Crippen molar-refractivity contribution >= 4 is 22.9 Å². The molecular weight excluding hydrogens is 354 g/mol. The highest BCUT2D eigenvalue weighted by Crippen LogP contribution is 2.34. The largest absolute Gasteiger partial charge is 0.382 e. The zero-order valence-electron chi connectivity index (χ0n) is 14.9. The van der Waals surface area contributed by atoms with E-state index in [0.29, 0.717) is 11.1 Å². The van der Waals surface area contributed by atoms with Crippen molar-refractivity contribution in [1.82, 2.24) is 9.38 Å². The second kappa shape index (κ2) is 6.75. The lowest BCUT2D eigenvalue weighted by atomic mass is 9.93. The Bertz CT molecular complexity index is 1080. The molecule has 0 aliphatic heterocycles. The molecule has 27 heavy (non-hydrogen) atoms. The van der Waals surface area contributed by atoms with E-state index in [1.807, 2.05) is 24.4 Å². The molecule has 3 nitrogen and oxygen atoms in total. The van der Waals surface area contributed by atoms with E-state index in [1.54, 1.807) is 0 Å². The molecule has 2 heterocycles. The lowest BCUT2D eigenvalue weighted by molar-refractivity contribution is 0.445. The van der Waals surface area contributed by atoms with Crippen molar-refractivity contribution in [3.63, 3.8) is 0 Å². The van der Waals surface area contributed by atoms with Gasteiger partial charge in [0, 0.05) is 29.1 Å². The van der Waals surface area contributed by atoms with Gasteiger partial charge in [0.25, 0.3) is 0 Å². The van der Waals surface area contributed by atoms with Crippen LogP contribution >= 0.6 is 11.6 Å². The maximum atomic E-state index is 6.26. The Morgan fingerprint density at radius 2 is 1.67 bits per heavy atom. The van der Waals surface area contributed by atoms with Gasteiger partial charge in [-0.25, -0.2) is 4.98 Å². The SMILES string of the molecule is Clc1ccc2nc(-c3ccc(NC4CCC4)cc3)c(-c3ccccc3)n2c1. The Morgan fingerprint density at radius 1 is 0.889 bits per heavy atom. The van der Waals surface area contributed by atoms with Crippen LogP contribution in [0.4, 0.5) is 5.69 Å². The number of imidazole rings is 1. The Morgan fingerprint density at radius 3 is 2.37 bits per heavy atom. The van der Waals surface area contributed by atoms with Crippen molar-refractivity contribution in [2.45, 2.75) is 25.3 Å². The quantitative estimate of drug-likeness (QED) is 0.455. The van der Waals surface area contributed by atoms with Gasteiger partial charge in [0.05, 0.1) is 16.4 Å². The maximum Gasteiger partial charge on any atom is 0.138 e. The molecule has 0 spiro atoms. The molecule has 2 aromatic carbocycles. The van der Waals surface area contributed by atoms with E-state index in [2.05, 4.69) is 58.2 Å². The van der Waals surface area contributed by atoms with E-state index in [9.17, 15) is 0 Å². The van der Waals surface area contributed by atoms with Gasteiger partial charge < -0.3 is 5.32 Å². The second-order valence-corrected chi connectivity index (χ2v) is 7.54. The van der Waals surface area contributed by atoms with Crippen molar-refractivity contribution in [2.75, 3.05) is 5.32 Å². The van der Waals surface area contributed by atoms with Gasteiger partial charge in [-0.05, 0) is 43.5 Å². The number of hydrogen-bond donors (Lipinski definition) is 1. The third-order valence-corrected chi connectivity index (χ3v) is 5.49. The predicted octanol–water partition coefficient (Wildman–Crippen LogP) is 6.29. The fourth-order valence-electron chi connectivity index (χ4n) is 3.60. The van der Waals surface area contributed by atoms with E-state index in [0.717, 1.165) is 28.2 Å². The van der Waals surface area contributed by atoms with Crippen LogP contribution < -0.4 is 5.32 Å². The van der Waals surface area contributed by atoms with Crippen LogP contribution in [0.15, 0.2) is 72.9 Å². The van der Waals surface area contributed by atoms with Crippen molar-refractivity contribution in [3.05, 3.63) is 77.9 Å². The average Bonchev–Trinajstić information content (AvgIpc) is 3.04. The van der Waals surface area contributed by atoms with Crippen molar-refractivity contribution < 1.29 is 0 Å². The zero-order valence-corrected chi connectivity index (χ0v) is 15.7. The Hall–Kier alpha value is -2.78. The highest BCUT2D eigenvalue weighted by Gasteiger charge is 2.18. The van der Waals surface area contributed by atoms with E-state index in [1.165, 1.54) is 24.9 Å². The molecule has 0 bridgehead atoms. The first-order valence-electron chi connectivity index (χ1n) is 9.38. The average molecular weight is 374 g/mol. The van der Waals surface area contributed by atoms with Crippen molar-refractivity contribution in [2.24, 2.45) is 0 Å². The van der Waals surface area contributed by atoms with Crippen molar-refractivity contribution in [1.29, 1.82) is 0 Å². The number of nitrogens with one attached hydrogen (secondary N) is 1. The van der Waals surface area contributed by atoms with Crippen LogP contribution in [-0.4, -0.2) is 15.4 Å². The first-order valence-corrected chi connectivity index (χ1v) is 9.76.